The fraction of sp³-hybridized carbons (Fsp3) is 0.636. The molecule has 0 radical (unpaired) electrons. The molecular weight excluding hydrogens is 240 g/mol. The average Bonchev–Trinajstić information content (AvgIpc) is 2.65. The van der Waals surface area contributed by atoms with E-state index in [0.29, 0.717) is 0 Å². The molecule has 2 rings (SSSR count). The molecule has 1 fully saturated rings. The highest BCUT2D eigenvalue weighted by molar-refractivity contribution is 4.92. The van der Waals surface area contributed by atoms with E-state index in [-0.39, 0.29) is 18.6 Å². The van der Waals surface area contributed by atoms with Crippen molar-refractivity contribution in [2.75, 3.05) is 13.7 Å². The smallest absolute Gasteiger partial charge is 0.330 e. The van der Waals surface area contributed by atoms with Crippen LogP contribution in [0.4, 0.5) is 0 Å². The van der Waals surface area contributed by atoms with Crippen molar-refractivity contribution in [3.8, 4) is 0 Å². The third-order valence-electron chi connectivity index (χ3n) is 3.28. The maximum absolute atomic E-state index is 11.7. The maximum Gasteiger partial charge on any atom is 0.330 e. The molecule has 7 nitrogen and oxygen atoms in total. The van der Waals surface area contributed by atoms with Crippen molar-refractivity contribution in [2.45, 2.75) is 25.4 Å². The minimum Gasteiger partial charge on any atom is -0.394 e. The number of hydrogen-bond acceptors (Lipinski definition) is 5. The minimum atomic E-state index is -0.647. The van der Waals surface area contributed by atoms with E-state index in [4.69, 9.17) is 9.47 Å². The zero-order chi connectivity index (χ0) is 13.3. The molecule has 4 atom stereocenters. The topological polar surface area (TPSA) is 93.5 Å². The fourth-order valence-corrected chi connectivity index (χ4v) is 2.24. The van der Waals surface area contributed by atoms with E-state index in [0.717, 1.165) is 0 Å². The van der Waals surface area contributed by atoms with Crippen LogP contribution in [0.25, 0.3) is 0 Å². The van der Waals surface area contributed by atoms with Crippen molar-refractivity contribution in [3.05, 3.63) is 33.1 Å². The summed E-state index contributed by atoms with van der Waals surface area (Å²) in [5.41, 5.74) is -1.02. The quantitative estimate of drug-likeness (QED) is 0.729. The highest BCUT2D eigenvalue weighted by atomic mass is 16.6. The van der Waals surface area contributed by atoms with Crippen LogP contribution in [0.1, 0.15) is 13.2 Å². The first-order valence-electron chi connectivity index (χ1n) is 5.69. The molecule has 1 unspecified atom stereocenters. The van der Waals surface area contributed by atoms with Gasteiger partial charge in [-0.25, -0.2) is 4.79 Å². The Labute approximate surface area is 103 Å². The second-order valence-electron chi connectivity index (χ2n) is 4.32. The number of aliphatic hydroxyl groups is 1. The number of H-pyrrole nitrogens is 1. The van der Waals surface area contributed by atoms with Gasteiger partial charge in [-0.2, -0.15) is 0 Å². The molecule has 1 aliphatic heterocycles. The van der Waals surface area contributed by atoms with E-state index >= 15 is 0 Å². The van der Waals surface area contributed by atoms with Crippen molar-refractivity contribution < 1.29 is 14.6 Å². The van der Waals surface area contributed by atoms with Crippen LogP contribution in [0.2, 0.25) is 0 Å². The highest BCUT2D eigenvalue weighted by Crippen LogP contribution is 2.34. The van der Waals surface area contributed by atoms with Crippen LogP contribution in [0.5, 0.6) is 0 Å². The molecule has 1 aromatic heterocycles. The Kier molecular flexibility index (Phi) is 3.65. The summed E-state index contributed by atoms with van der Waals surface area (Å²) in [6.07, 6.45) is -0.0272. The molecule has 18 heavy (non-hydrogen) atoms. The Bertz CT molecular complexity index is 523. The Morgan fingerprint density at radius 2 is 2.28 bits per heavy atom. The number of ether oxygens (including phenoxy) is 2. The third kappa shape index (κ3) is 2.12. The van der Waals surface area contributed by atoms with Gasteiger partial charge in [0.15, 0.2) is 6.23 Å². The summed E-state index contributed by atoms with van der Waals surface area (Å²) in [6.45, 7) is 1.74. The number of hydrogen-bond donors (Lipinski definition) is 2. The molecule has 0 amide bonds. The predicted octanol–water partition coefficient (Wildman–Crippen LogP) is -0.923. The van der Waals surface area contributed by atoms with Crippen LogP contribution in [-0.4, -0.2) is 40.6 Å². The third-order valence-corrected chi connectivity index (χ3v) is 3.28. The second-order valence-corrected chi connectivity index (χ2v) is 4.32. The van der Waals surface area contributed by atoms with Crippen LogP contribution >= 0.6 is 0 Å². The van der Waals surface area contributed by atoms with Gasteiger partial charge >= 0.3 is 5.69 Å². The zero-order valence-electron chi connectivity index (χ0n) is 10.2. The number of rotatable bonds is 3. The number of nitrogens with zero attached hydrogens (tertiary/aromatic N) is 1. The summed E-state index contributed by atoms with van der Waals surface area (Å²) >= 11 is 0. The lowest BCUT2D eigenvalue weighted by Gasteiger charge is -2.20. The van der Waals surface area contributed by atoms with Crippen molar-refractivity contribution >= 4 is 0 Å². The highest BCUT2D eigenvalue weighted by Gasteiger charge is 2.43. The monoisotopic (exact) mass is 256 g/mol. The Hall–Kier alpha value is -1.44. The molecule has 0 spiro atoms. The summed E-state index contributed by atoms with van der Waals surface area (Å²) < 4.78 is 12.2. The second kappa shape index (κ2) is 5.05. The first-order chi connectivity index (χ1) is 8.58. The lowest BCUT2D eigenvalue weighted by atomic mass is 10.0. The first-order valence-corrected chi connectivity index (χ1v) is 5.69. The normalized spacial score (nSPS) is 31.7. The van der Waals surface area contributed by atoms with E-state index in [1.807, 2.05) is 6.92 Å². The van der Waals surface area contributed by atoms with Gasteiger partial charge in [0.1, 0.15) is 6.10 Å². The van der Waals surface area contributed by atoms with Gasteiger partial charge < -0.3 is 14.6 Å². The Morgan fingerprint density at radius 1 is 1.56 bits per heavy atom. The molecule has 0 saturated carbocycles. The standard InChI is InChI=1S/C11H16N2O5/c1-6-7(5-14)18-10(9(6)17-2)13-4-3-8(15)12-11(13)16/h3-4,6-7,9-10,14H,5H2,1-2H3,(H,12,15,16)/t6-,7+,9?,10+/m0/s1. The Balaban J connectivity index is 2.38. The van der Waals surface area contributed by atoms with E-state index < -0.39 is 23.6 Å². The van der Waals surface area contributed by atoms with E-state index in [1.54, 1.807) is 0 Å². The molecule has 0 aromatic carbocycles. The van der Waals surface area contributed by atoms with Crippen molar-refractivity contribution in [1.29, 1.82) is 0 Å². The van der Waals surface area contributed by atoms with E-state index in [2.05, 4.69) is 4.98 Å². The van der Waals surface area contributed by atoms with Crippen LogP contribution in [-0.2, 0) is 9.47 Å². The van der Waals surface area contributed by atoms with E-state index in [9.17, 15) is 14.7 Å². The van der Waals surface area contributed by atoms with Gasteiger partial charge in [0.05, 0.1) is 12.7 Å². The summed E-state index contributed by atoms with van der Waals surface area (Å²) in [4.78, 5) is 24.9. The zero-order valence-corrected chi connectivity index (χ0v) is 10.2. The molecule has 2 heterocycles. The van der Waals surface area contributed by atoms with E-state index in [1.165, 1.54) is 23.9 Å². The van der Waals surface area contributed by atoms with Crippen LogP contribution in [0.15, 0.2) is 21.9 Å². The van der Waals surface area contributed by atoms with Gasteiger partial charge in [-0.05, 0) is 0 Å². The van der Waals surface area contributed by atoms with Gasteiger partial charge in [-0.3, -0.25) is 14.3 Å². The number of aromatic nitrogens is 2. The molecule has 2 N–H and O–H groups in total. The van der Waals surface area contributed by atoms with Crippen LogP contribution in [0.3, 0.4) is 0 Å². The molecular formula is C11H16N2O5. The minimum absolute atomic E-state index is 0.0520. The van der Waals surface area contributed by atoms with Gasteiger partial charge in [-0.1, -0.05) is 6.92 Å². The first kappa shape index (κ1) is 13.0. The predicted molar refractivity (Wildman–Crippen MR) is 62.3 cm³/mol. The van der Waals surface area contributed by atoms with Crippen LogP contribution < -0.4 is 11.2 Å². The lowest BCUT2D eigenvalue weighted by Crippen LogP contribution is -2.36. The summed E-state index contributed by atoms with van der Waals surface area (Å²) in [6, 6.07) is 1.24. The average molecular weight is 256 g/mol. The SMILES string of the molecule is COC1[C@@H](C)[C@@H](CO)O[C@H]1n1ccc(=O)[nH]c1=O. The molecule has 1 saturated heterocycles. The molecule has 100 valence electrons. The van der Waals surface area contributed by atoms with Crippen molar-refractivity contribution in [1.82, 2.24) is 9.55 Å². The number of nitrogens with one attached hydrogen (secondary N) is 1. The molecule has 7 heteroatoms. The molecule has 1 aliphatic rings. The molecule has 0 aliphatic carbocycles. The number of methoxy groups -OCH3 is 1. The molecule has 1 aromatic rings. The van der Waals surface area contributed by atoms with Gasteiger partial charge in [0.2, 0.25) is 0 Å². The molecule has 0 bridgehead atoms. The largest absolute Gasteiger partial charge is 0.394 e. The number of aromatic amines is 1. The van der Waals surface area contributed by atoms with Crippen molar-refractivity contribution in [2.24, 2.45) is 5.92 Å². The summed E-state index contributed by atoms with van der Waals surface area (Å²) in [5.74, 6) is -0.0520. The lowest BCUT2D eigenvalue weighted by molar-refractivity contribution is -0.0625. The van der Waals surface area contributed by atoms with Gasteiger partial charge in [0, 0.05) is 25.3 Å². The van der Waals surface area contributed by atoms with Gasteiger partial charge in [-0.15, -0.1) is 0 Å². The number of aliphatic hydroxyl groups excluding tert-OH is 1. The Morgan fingerprint density at radius 3 is 2.83 bits per heavy atom. The fourth-order valence-electron chi connectivity index (χ4n) is 2.24. The van der Waals surface area contributed by atoms with Crippen molar-refractivity contribution in [3.63, 3.8) is 0 Å². The van der Waals surface area contributed by atoms with Crippen LogP contribution in [0, 0.1) is 5.92 Å². The summed E-state index contributed by atoms with van der Waals surface area (Å²) in [5, 5.41) is 9.20. The van der Waals surface area contributed by atoms with Gasteiger partial charge in [0.25, 0.3) is 5.56 Å². The maximum atomic E-state index is 11.7. The summed E-state index contributed by atoms with van der Waals surface area (Å²) in [7, 11) is 1.52.